The van der Waals surface area contributed by atoms with Crippen LogP contribution in [-0.4, -0.2) is 36.7 Å². The average molecular weight is 462 g/mol. The van der Waals surface area contributed by atoms with Crippen molar-refractivity contribution in [2.75, 3.05) is 11.9 Å². The first kappa shape index (κ1) is 22.3. The molecule has 2 amide bonds. The number of thiazole rings is 1. The van der Waals surface area contributed by atoms with Crippen molar-refractivity contribution in [3.63, 3.8) is 0 Å². The molecule has 2 aromatic heterocycles. The van der Waals surface area contributed by atoms with E-state index in [9.17, 15) is 22.8 Å². The molecule has 12 heteroatoms. The fraction of sp³-hybridized carbons (Fsp3) is 0.158. The van der Waals surface area contributed by atoms with E-state index in [-0.39, 0.29) is 27.9 Å². The van der Waals surface area contributed by atoms with E-state index in [0.29, 0.717) is 18.7 Å². The fourth-order valence-electron chi connectivity index (χ4n) is 2.63. The molecule has 0 aliphatic carbocycles. The van der Waals surface area contributed by atoms with Crippen LogP contribution in [0.5, 0.6) is 0 Å². The van der Waals surface area contributed by atoms with Crippen LogP contribution in [0.1, 0.15) is 21.6 Å². The summed E-state index contributed by atoms with van der Waals surface area (Å²) in [4.78, 5) is 42.5. The standard InChI is InChI=1S/C19H19N5O5S2/c20-31(28,29)14-5-3-12(4-6-14)7-9-21-16(25)10-13-11-30-19(23-13)24-18(27)15-2-1-8-22-17(15)26/h1-6,8,11H,7,9-10H2,(H,21,25)(H,22,26)(H2,20,28,29)(H,23,24,27). The van der Waals surface area contributed by atoms with Crippen LogP contribution in [0.4, 0.5) is 5.13 Å². The molecule has 0 fully saturated rings. The van der Waals surface area contributed by atoms with Gasteiger partial charge >= 0.3 is 0 Å². The highest BCUT2D eigenvalue weighted by atomic mass is 32.2. The number of amides is 2. The lowest BCUT2D eigenvalue weighted by Gasteiger charge is -2.05. The predicted octanol–water partition coefficient (Wildman–Crippen LogP) is 0.632. The Morgan fingerprint density at radius 3 is 2.58 bits per heavy atom. The third kappa shape index (κ3) is 6.31. The number of anilines is 1. The second-order valence-corrected chi connectivity index (χ2v) is 8.90. The Kier molecular flexibility index (Phi) is 6.95. The lowest BCUT2D eigenvalue weighted by molar-refractivity contribution is -0.120. The molecule has 0 saturated heterocycles. The summed E-state index contributed by atoms with van der Waals surface area (Å²) in [7, 11) is -3.73. The lowest BCUT2D eigenvalue weighted by Crippen LogP contribution is -2.27. The van der Waals surface area contributed by atoms with Gasteiger partial charge in [-0.3, -0.25) is 19.7 Å². The minimum absolute atomic E-state index is 0.0304. The number of H-pyrrole nitrogens is 1. The van der Waals surface area contributed by atoms with Crippen molar-refractivity contribution in [1.29, 1.82) is 0 Å². The zero-order valence-electron chi connectivity index (χ0n) is 16.1. The minimum Gasteiger partial charge on any atom is -0.355 e. The molecule has 0 aliphatic rings. The van der Waals surface area contributed by atoms with E-state index in [1.54, 1.807) is 23.6 Å². The lowest BCUT2D eigenvalue weighted by atomic mass is 10.1. The molecule has 31 heavy (non-hydrogen) atoms. The molecule has 0 spiro atoms. The largest absolute Gasteiger partial charge is 0.355 e. The van der Waals surface area contributed by atoms with E-state index in [2.05, 4.69) is 20.6 Å². The molecular weight excluding hydrogens is 442 g/mol. The summed E-state index contributed by atoms with van der Waals surface area (Å²) in [5, 5.41) is 12.3. The number of sulfonamides is 1. The van der Waals surface area contributed by atoms with E-state index in [1.165, 1.54) is 24.4 Å². The van der Waals surface area contributed by atoms with E-state index in [0.717, 1.165) is 16.9 Å². The highest BCUT2D eigenvalue weighted by Crippen LogP contribution is 2.16. The van der Waals surface area contributed by atoms with Gasteiger partial charge in [-0.25, -0.2) is 18.5 Å². The maximum atomic E-state index is 12.1. The summed E-state index contributed by atoms with van der Waals surface area (Å²) in [6.07, 6.45) is 1.97. The second kappa shape index (κ2) is 9.64. The van der Waals surface area contributed by atoms with Crippen LogP contribution in [0, 0.1) is 0 Å². The molecule has 1 aromatic carbocycles. The zero-order valence-corrected chi connectivity index (χ0v) is 17.8. The van der Waals surface area contributed by atoms with Crippen LogP contribution in [0.2, 0.25) is 0 Å². The summed E-state index contributed by atoms with van der Waals surface area (Å²) >= 11 is 1.15. The van der Waals surface area contributed by atoms with Gasteiger partial charge in [0.05, 0.1) is 17.0 Å². The summed E-state index contributed by atoms with van der Waals surface area (Å²) in [6, 6.07) is 9.06. The number of pyridine rings is 1. The Bertz CT molecular complexity index is 1250. The zero-order chi connectivity index (χ0) is 22.4. The Hall–Kier alpha value is -3.35. The molecule has 5 N–H and O–H groups in total. The van der Waals surface area contributed by atoms with Gasteiger partial charge in [0.25, 0.3) is 11.5 Å². The average Bonchev–Trinajstić information content (AvgIpc) is 3.14. The van der Waals surface area contributed by atoms with Crippen molar-refractivity contribution in [1.82, 2.24) is 15.3 Å². The van der Waals surface area contributed by atoms with Crippen LogP contribution in [-0.2, 0) is 27.7 Å². The smallest absolute Gasteiger partial charge is 0.263 e. The summed E-state index contributed by atoms with van der Waals surface area (Å²) in [5.74, 6) is -0.829. The molecule has 3 rings (SSSR count). The van der Waals surface area contributed by atoms with Crippen molar-refractivity contribution >= 4 is 38.3 Å². The highest BCUT2D eigenvalue weighted by Gasteiger charge is 2.13. The van der Waals surface area contributed by atoms with Crippen LogP contribution < -0.4 is 21.3 Å². The summed E-state index contributed by atoms with van der Waals surface area (Å²) in [5.41, 5.74) is 0.795. The molecule has 0 unspecified atom stereocenters. The Morgan fingerprint density at radius 1 is 1.16 bits per heavy atom. The third-order valence-electron chi connectivity index (χ3n) is 4.16. The molecule has 162 valence electrons. The third-order valence-corrected chi connectivity index (χ3v) is 5.90. The first-order chi connectivity index (χ1) is 14.7. The number of carbonyl (C=O) groups excluding carboxylic acids is 2. The minimum atomic E-state index is -3.73. The van der Waals surface area contributed by atoms with Crippen LogP contribution in [0.25, 0.3) is 0 Å². The number of hydrogen-bond donors (Lipinski definition) is 4. The monoisotopic (exact) mass is 461 g/mol. The number of benzene rings is 1. The molecule has 0 bridgehead atoms. The quantitative estimate of drug-likeness (QED) is 0.384. The van der Waals surface area contributed by atoms with Crippen molar-refractivity contribution in [3.05, 3.63) is 75.1 Å². The number of nitrogens with one attached hydrogen (secondary N) is 3. The Morgan fingerprint density at radius 2 is 1.90 bits per heavy atom. The van der Waals surface area contributed by atoms with Gasteiger partial charge in [-0.2, -0.15) is 0 Å². The molecule has 3 aromatic rings. The summed E-state index contributed by atoms with van der Waals surface area (Å²) < 4.78 is 22.5. The number of primary sulfonamides is 1. The number of nitrogens with two attached hydrogens (primary N) is 1. The molecule has 0 aliphatic heterocycles. The fourth-order valence-corrected chi connectivity index (χ4v) is 3.85. The first-order valence-corrected chi connectivity index (χ1v) is 11.5. The van der Waals surface area contributed by atoms with E-state index >= 15 is 0 Å². The molecule has 0 saturated carbocycles. The van der Waals surface area contributed by atoms with Crippen LogP contribution in [0.3, 0.4) is 0 Å². The van der Waals surface area contributed by atoms with Gasteiger partial charge < -0.3 is 10.3 Å². The molecule has 0 radical (unpaired) electrons. The number of aromatic nitrogens is 2. The number of rotatable bonds is 8. The van der Waals surface area contributed by atoms with Gasteiger partial charge in [0.2, 0.25) is 15.9 Å². The van der Waals surface area contributed by atoms with Crippen LogP contribution >= 0.6 is 11.3 Å². The highest BCUT2D eigenvalue weighted by molar-refractivity contribution is 7.89. The van der Waals surface area contributed by atoms with E-state index in [4.69, 9.17) is 5.14 Å². The van der Waals surface area contributed by atoms with Gasteiger partial charge in [0.15, 0.2) is 5.13 Å². The van der Waals surface area contributed by atoms with Gasteiger partial charge in [0.1, 0.15) is 5.56 Å². The van der Waals surface area contributed by atoms with E-state index < -0.39 is 21.5 Å². The van der Waals surface area contributed by atoms with Crippen molar-refractivity contribution in [2.24, 2.45) is 5.14 Å². The number of hydrogen-bond acceptors (Lipinski definition) is 7. The first-order valence-electron chi connectivity index (χ1n) is 9.04. The summed E-state index contributed by atoms with van der Waals surface area (Å²) in [6.45, 7) is 0.359. The maximum Gasteiger partial charge on any atom is 0.263 e. The Labute approximate surface area is 181 Å². The molecule has 10 nitrogen and oxygen atoms in total. The van der Waals surface area contributed by atoms with Crippen molar-refractivity contribution in [2.45, 2.75) is 17.7 Å². The predicted molar refractivity (Wildman–Crippen MR) is 115 cm³/mol. The van der Waals surface area contributed by atoms with Crippen LogP contribution in [0.15, 0.2) is 57.7 Å². The molecular formula is C19H19N5O5S2. The second-order valence-electron chi connectivity index (χ2n) is 6.48. The normalized spacial score (nSPS) is 11.1. The van der Waals surface area contributed by atoms with Gasteiger partial charge in [-0.15, -0.1) is 11.3 Å². The van der Waals surface area contributed by atoms with Gasteiger partial charge in [-0.1, -0.05) is 12.1 Å². The molecule has 2 heterocycles. The maximum absolute atomic E-state index is 12.1. The number of nitrogens with zero attached hydrogens (tertiary/aromatic N) is 1. The van der Waals surface area contributed by atoms with Crippen molar-refractivity contribution in [3.8, 4) is 0 Å². The topological polar surface area (TPSA) is 164 Å². The van der Waals surface area contributed by atoms with Gasteiger partial charge in [-0.05, 0) is 36.2 Å². The number of aromatic amines is 1. The van der Waals surface area contributed by atoms with E-state index in [1.807, 2.05) is 0 Å². The molecule has 0 atom stereocenters. The Balaban J connectivity index is 1.47. The number of carbonyl (C=O) groups is 2. The van der Waals surface area contributed by atoms with Crippen molar-refractivity contribution < 1.29 is 18.0 Å². The SMILES string of the molecule is NS(=O)(=O)c1ccc(CCNC(=O)Cc2csc(NC(=O)c3ccc[nH]c3=O)n2)cc1. The van der Waals surface area contributed by atoms with Gasteiger partial charge in [0, 0.05) is 18.1 Å².